The maximum Gasteiger partial charge on any atom is 0.254 e. The minimum absolute atomic E-state index is 0.0994. The van der Waals surface area contributed by atoms with Crippen molar-refractivity contribution >= 4 is 28.4 Å². The zero-order valence-electron chi connectivity index (χ0n) is 22.2. The fraction of sp³-hybridized carbons (Fsp3) is 0.161. The number of carbonyl (C=O) groups excluding carboxylic acids is 2. The van der Waals surface area contributed by atoms with E-state index in [4.69, 9.17) is 20.5 Å². The molecular weight excluding hydrogens is 520 g/mol. The number of rotatable bonds is 6. The van der Waals surface area contributed by atoms with Crippen molar-refractivity contribution in [3.63, 3.8) is 0 Å². The molecule has 0 atom stereocenters. The van der Waals surface area contributed by atoms with Gasteiger partial charge in [0.25, 0.3) is 5.91 Å². The summed E-state index contributed by atoms with van der Waals surface area (Å²) < 4.78 is 11.3. The normalized spacial score (nSPS) is 13.2. The first-order chi connectivity index (χ1) is 19.9. The van der Waals surface area contributed by atoms with E-state index in [-0.39, 0.29) is 23.1 Å². The molecule has 5 aromatic rings. The summed E-state index contributed by atoms with van der Waals surface area (Å²) in [5.74, 6) is 0.812. The van der Waals surface area contributed by atoms with E-state index in [1.54, 1.807) is 53.4 Å². The number of hydrogen-bond acceptors (Lipinski definition) is 7. The molecule has 6 rings (SSSR count). The molecule has 1 amide bonds. The Hall–Kier alpha value is -5.40. The molecule has 4 N–H and O–H groups in total. The van der Waals surface area contributed by atoms with Crippen LogP contribution >= 0.6 is 0 Å². The Labute approximate surface area is 235 Å². The highest BCUT2D eigenvalue weighted by Crippen LogP contribution is 2.34. The van der Waals surface area contributed by atoms with Crippen LogP contribution in [-0.2, 0) is 4.74 Å². The van der Waals surface area contributed by atoms with Crippen LogP contribution in [0.3, 0.4) is 0 Å². The minimum atomic E-state index is -0.347. The monoisotopic (exact) mass is 546 g/mol. The van der Waals surface area contributed by atoms with E-state index in [0.717, 1.165) is 5.56 Å². The van der Waals surface area contributed by atoms with E-state index in [1.165, 1.54) is 0 Å². The molecule has 0 aliphatic carbocycles. The third kappa shape index (κ3) is 4.90. The van der Waals surface area contributed by atoms with E-state index in [1.807, 2.05) is 25.1 Å². The van der Waals surface area contributed by atoms with Crippen LogP contribution < -0.4 is 10.5 Å². The van der Waals surface area contributed by atoms with E-state index in [2.05, 4.69) is 21.3 Å². The third-order valence-electron chi connectivity index (χ3n) is 7.11. The van der Waals surface area contributed by atoms with Crippen LogP contribution in [0, 0.1) is 18.3 Å². The molecule has 3 aromatic carbocycles. The van der Waals surface area contributed by atoms with Crippen molar-refractivity contribution in [3.8, 4) is 28.8 Å². The standard InChI is InChI=1S/C31H26N6O4/c1-18-14-21(41-20-5-2-4-19(15-20)17-32)8-9-22(18)28-27(30(33)36-35-28)29(38)26-16-24-23(6-3-7-25(24)34-26)31(39)37-10-12-40-13-11-37/h2-9,14-16,34H,10-13H2,1H3,(H3,33,35,36). The molecule has 0 bridgehead atoms. The average molecular weight is 547 g/mol. The number of hydrogen-bond donors (Lipinski definition) is 3. The lowest BCUT2D eigenvalue weighted by molar-refractivity contribution is 0.0304. The van der Waals surface area contributed by atoms with Crippen molar-refractivity contribution in [1.29, 1.82) is 5.26 Å². The summed E-state index contributed by atoms with van der Waals surface area (Å²) in [5.41, 5.74) is 10.4. The highest BCUT2D eigenvalue weighted by molar-refractivity contribution is 6.17. The van der Waals surface area contributed by atoms with E-state index < -0.39 is 0 Å². The van der Waals surface area contributed by atoms with Gasteiger partial charge in [-0.3, -0.25) is 14.7 Å². The fourth-order valence-electron chi connectivity index (χ4n) is 5.05. The molecule has 2 aromatic heterocycles. The van der Waals surface area contributed by atoms with Gasteiger partial charge in [-0.1, -0.05) is 12.1 Å². The number of ether oxygens (including phenoxy) is 2. The molecule has 0 spiro atoms. The van der Waals surface area contributed by atoms with Crippen LogP contribution in [0.25, 0.3) is 22.2 Å². The fourth-order valence-corrected chi connectivity index (χ4v) is 5.05. The summed E-state index contributed by atoms with van der Waals surface area (Å²) in [6.45, 7) is 3.94. The molecule has 1 saturated heterocycles. The molecule has 10 heteroatoms. The maximum absolute atomic E-state index is 13.8. The number of anilines is 1. The minimum Gasteiger partial charge on any atom is -0.457 e. The van der Waals surface area contributed by atoms with Gasteiger partial charge in [-0.25, -0.2) is 0 Å². The number of benzene rings is 3. The zero-order chi connectivity index (χ0) is 28.5. The summed E-state index contributed by atoms with van der Waals surface area (Å²) in [4.78, 5) is 32.0. The SMILES string of the molecule is Cc1cc(Oc2cccc(C#N)c2)ccc1-c1n[nH]c(N)c1C(=O)c1cc2c(C(=O)N3CCOCC3)cccc2[nH]1. The van der Waals surface area contributed by atoms with Crippen LogP contribution in [-0.4, -0.2) is 58.1 Å². The van der Waals surface area contributed by atoms with Gasteiger partial charge in [0, 0.05) is 35.1 Å². The third-order valence-corrected chi connectivity index (χ3v) is 7.11. The van der Waals surface area contributed by atoms with Crippen molar-refractivity contribution < 1.29 is 19.1 Å². The molecule has 41 heavy (non-hydrogen) atoms. The van der Waals surface area contributed by atoms with Gasteiger partial charge < -0.3 is 25.1 Å². The van der Waals surface area contributed by atoms with Crippen molar-refractivity contribution in [2.75, 3.05) is 32.0 Å². The number of aromatic amines is 2. The lowest BCUT2D eigenvalue weighted by Gasteiger charge is -2.27. The van der Waals surface area contributed by atoms with E-state index >= 15 is 0 Å². The number of H-pyrrole nitrogens is 2. The Kier molecular flexibility index (Phi) is 6.71. The summed E-state index contributed by atoms with van der Waals surface area (Å²) in [7, 11) is 0. The highest BCUT2D eigenvalue weighted by atomic mass is 16.5. The number of aromatic nitrogens is 3. The van der Waals surface area contributed by atoms with Crippen LogP contribution in [0.2, 0.25) is 0 Å². The van der Waals surface area contributed by atoms with Gasteiger partial charge in [-0.2, -0.15) is 10.4 Å². The molecule has 3 heterocycles. The van der Waals surface area contributed by atoms with Gasteiger partial charge in [0.2, 0.25) is 5.78 Å². The van der Waals surface area contributed by atoms with E-state index in [9.17, 15) is 9.59 Å². The number of carbonyl (C=O) groups is 2. The second-order valence-corrected chi connectivity index (χ2v) is 9.76. The molecule has 10 nitrogen and oxygen atoms in total. The molecule has 0 saturated carbocycles. The molecule has 1 aliphatic rings. The number of ketones is 1. The highest BCUT2D eigenvalue weighted by Gasteiger charge is 2.26. The number of nitrogens with two attached hydrogens (primary N) is 1. The Morgan fingerprint density at radius 1 is 1.05 bits per heavy atom. The van der Waals surface area contributed by atoms with Gasteiger partial charge >= 0.3 is 0 Å². The largest absolute Gasteiger partial charge is 0.457 e. The molecule has 0 radical (unpaired) electrons. The van der Waals surface area contributed by atoms with E-state index in [0.29, 0.717) is 76.8 Å². The van der Waals surface area contributed by atoms with Gasteiger partial charge in [0.1, 0.15) is 23.0 Å². The average Bonchev–Trinajstić information content (AvgIpc) is 3.61. The van der Waals surface area contributed by atoms with Crippen molar-refractivity contribution in [1.82, 2.24) is 20.1 Å². The summed E-state index contributed by atoms with van der Waals surface area (Å²) in [6, 6.07) is 21.5. The number of aryl methyl sites for hydroxylation is 1. The Balaban J connectivity index is 1.31. The Bertz CT molecular complexity index is 1840. The lowest BCUT2D eigenvalue weighted by Crippen LogP contribution is -2.40. The van der Waals surface area contributed by atoms with Gasteiger partial charge in [-0.05, 0) is 67.1 Å². The quantitative estimate of drug-likeness (QED) is 0.259. The second-order valence-electron chi connectivity index (χ2n) is 9.76. The molecule has 1 fully saturated rings. The molecule has 0 unspecified atom stereocenters. The van der Waals surface area contributed by atoms with Gasteiger partial charge in [0.15, 0.2) is 0 Å². The van der Waals surface area contributed by atoms with Gasteiger partial charge in [-0.15, -0.1) is 0 Å². The smallest absolute Gasteiger partial charge is 0.254 e. The predicted molar refractivity (Wildman–Crippen MR) is 153 cm³/mol. The summed E-state index contributed by atoms with van der Waals surface area (Å²) in [5, 5.41) is 16.9. The first kappa shape index (κ1) is 25.9. The first-order valence-electron chi connectivity index (χ1n) is 13.1. The Morgan fingerprint density at radius 2 is 1.83 bits per heavy atom. The van der Waals surface area contributed by atoms with Crippen LogP contribution in [0.1, 0.15) is 37.5 Å². The van der Waals surface area contributed by atoms with Crippen LogP contribution in [0.4, 0.5) is 5.82 Å². The number of nitriles is 1. The number of amides is 1. The first-order valence-corrected chi connectivity index (χ1v) is 13.1. The van der Waals surface area contributed by atoms with Crippen LogP contribution in [0.5, 0.6) is 11.5 Å². The molecular formula is C31H26N6O4. The Morgan fingerprint density at radius 3 is 2.61 bits per heavy atom. The zero-order valence-corrected chi connectivity index (χ0v) is 22.2. The van der Waals surface area contributed by atoms with Crippen molar-refractivity contribution in [3.05, 3.63) is 94.7 Å². The number of morpholine rings is 1. The number of nitrogens with one attached hydrogen (secondary N) is 2. The summed E-state index contributed by atoms with van der Waals surface area (Å²) in [6.07, 6.45) is 0. The summed E-state index contributed by atoms with van der Waals surface area (Å²) >= 11 is 0. The van der Waals surface area contributed by atoms with Gasteiger partial charge in [0.05, 0.1) is 36.1 Å². The predicted octanol–water partition coefficient (Wildman–Crippen LogP) is 4.82. The topological polar surface area (TPSA) is 150 Å². The number of nitrogen functional groups attached to an aromatic ring is 1. The van der Waals surface area contributed by atoms with Crippen LogP contribution in [0.15, 0.2) is 66.7 Å². The molecule has 204 valence electrons. The second kappa shape index (κ2) is 10.6. The number of fused-ring (bicyclic) bond motifs is 1. The van der Waals surface area contributed by atoms with Crippen molar-refractivity contribution in [2.24, 2.45) is 0 Å². The van der Waals surface area contributed by atoms with Crippen molar-refractivity contribution in [2.45, 2.75) is 6.92 Å². The number of nitrogens with zero attached hydrogens (tertiary/aromatic N) is 3. The maximum atomic E-state index is 13.8. The molecule has 1 aliphatic heterocycles. The lowest BCUT2D eigenvalue weighted by atomic mass is 9.98.